The summed E-state index contributed by atoms with van der Waals surface area (Å²) in [5.41, 5.74) is 8.88. The molecule has 3 rings (SSSR count). The second-order valence-electron chi connectivity index (χ2n) is 8.19. The number of hydrogen-bond donors (Lipinski definition) is 3. The second-order valence-corrected chi connectivity index (χ2v) is 8.19. The number of anilines is 3. The van der Waals surface area contributed by atoms with Gasteiger partial charge in [-0.1, -0.05) is 62.4 Å². The number of nitrogens with two attached hydrogens (primary N) is 1. The van der Waals surface area contributed by atoms with Crippen LogP contribution in [0.15, 0.2) is 58.1 Å². The number of carbonyl (C=O) groups is 1. The smallest absolute Gasteiger partial charge is 0.330 e. The molecule has 0 aliphatic rings. The first-order valence-electron chi connectivity index (χ1n) is 11.7. The highest BCUT2D eigenvalue weighted by atomic mass is 16.5. The summed E-state index contributed by atoms with van der Waals surface area (Å²) in [4.78, 5) is 42.4. The van der Waals surface area contributed by atoms with Gasteiger partial charge in [0.25, 0.3) is 5.56 Å². The monoisotopic (exact) mass is 479 g/mol. The van der Waals surface area contributed by atoms with Gasteiger partial charge in [0.15, 0.2) is 0 Å². The number of aromatic amines is 1. The lowest BCUT2D eigenvalue weighted by atomic mass is 10.0. The molecule has 1 heterocycles. The zero-order valence-electron chi connectivity index (χ0n) is 20.5. The molecule has 0 atom stereocenters. The summed E-state index contributed by atoms with van der Waals surface area (Å²) < 4.78 is 6.50. The number of aromatic nitrogens is 2. The number of carbonyl (C=O) groups excluding carboxylic acids is 1. The van der Waals surface area contributed by atoms with Gasteiger partial charge in [-0.25, -0.2) is 4.79 Å². The first kappa shape index (κ1) is 25.8. The molecule has 0 saturated heterocycles. The van der Waals surface area contributed by atoms with Crippen LogP contribution in [0, 0.1) is 0 Å². The molecule has 0 fully saturated rings. The van der Waals surface area contributed by atoms with Crippen LogP contribution in [0.3, 0.4) is 0 Å². The maximum absolute atomic E-state index is 13.1. The van der Waals surface area contributed by atoms with Crippen molar-refractivity contribution in [1.29, 1.82) is 0 Å². The van der Waals surface area contributed by atoms with Gasteiger partial charge in [-0.2, -0.15) is 0 Å². The highest BCUT2D eigenvalue weighted by molar-refractivity contribution is 5.95. The van der Waals surface area contributed by atoms with E-state index in [1.807, 2.05) is 62.4 Å². The van der Waals surface area contributed by atoms with E-state index in [0.29, 0.717) is 0 Å². The van der Waals surface area contributed by atoms with Gasteiger partial charge in [0, 0.05) is 19.3 Å². The molecule has 0 aliphatic carbocycles. The predicted molar refractivity (Wildman–Crippen MR) is 139 cm³/mol. The highest BCUT2D eigenvalue weighted by Gasteiger charge is 2.22. The summed E-state index contributed by atoms with van der Waals surface area (Å²) in [6, 6.07) is 15.3. The van der Waals surface area contributed by atoms with Crippen LogP contribution in [0.25, 0.3) is 0 Å². The standard InChI is InChI=1S/C26H33N5O4/c1-4-19-12-9-13-20(5-2)22(19)28-21(32)17-30(14-15-35-3)23-24(27)31(26(34)29-25(23)33)16-18-10-7-6-8-11-18/h6-13H,4-5,14-17,27H2,1-3H3,(H,28,32)(H,29,33,34). The van der Waals surface area contributed by atoms with Crippen LogP contribution < -0.4 is 27.2 Å². The fraction of sp³-hybridized carbons (Fsp3) is 0.346. The maximum atomic E-state index is 13.1. The third kappa shape index (κ3) is 6.19. The number of hydrogen-bond acceptors (Lipinski definition) is 6. The number of H-pyrrole nitrogens is 1. The lowest BCUT2D eigenvalue weighted by molar-refractivity contribution is -0.115. The number of nitrogens with one attached hydrogen (secondary N) is 2. The molecule has 0 saturated carbocycles. The Balaban J connectivity index is 1.95. The lowest BCUT2D eigenvalue weighted by Gasteiger charge is -2.26. The Hall–Kier alpha value is -3.85. The molecule has 1 aromatic heterocycles. The molecular formula is C26H33N5O4. The third-order valence-electron chi connectivity index (χ3n) is 5.88. The van der Waals surface area contributed by atoms with Crippen LogP contribution in [0.1, 0.15) is 30.5 Å². The number of amides is 1. The molecule has 9 nitrogen and oxygen atoms in total. The molecule has 2 aromatic carbocycles. The van der Waals surface area contributed by atoms with Crippen molar-refractivity contribution < 1.29 is 9.53 Å². The van der Waals surface area contributed by atoms with Crippen molar-refractivity contribution in [1.82, 2.24) is 9.55 Å². The Morgan fingerprint density at radius 1 is 1.06 bits per heavy atom. The molecule has 3 aromatic rings. The first-order chi connectivity index (χ1) is 16.9. The Morgan fingerprint density at radius 2 is 1.71 bits per heavy atom. The van der Waals surface area contributed by atoms with E-state index in [9.17, 15) is 14.4 Å². The van der Waals surface area contributed by atoms with Crippen molar-refractivity contribution in [3.05, 3.63) is 86.1 Å². The summed E-state index contributed by atoms with van der Waals surface area (Å²) in [6.45, 7) is 4.61. The molecule has 0 aliphatic heterocycles. The summed E-state index contributed by atoms with van der Waals surface area (Å²) in [7, 11) is 1.53. The fourth-order valence-electron chi connectivity index (χ4n) is 4.03. The van der Waals surface area contributed by atoms with Crippen molar-refractivity contribution in [2.24, 2.45) is 0 Å². The van der Waals surface area contributed by atoms with Gasteiger partial charge >= 0.3 is 5.69 Å². The quantitative estimate of drug-likeness (QED) is 0.388. The van der Waals surface area contributed by atoms with Gasteiger partial charge in [0.05, 0.1) is 19.7 Å². The molecule has 0 spiro atoms. The molecule has 0 radical (unpaired) electrons. The number of nitrogens with zero attached hydrogens (tertiary/aromatic N) is 2. The number of methoxy groups -OCH3 is 1. The highest BCUT2D eigenvalue weighted by Crippen LogP contribution is 2.23. The topological polar surface area (TPSA) is 122 Å². The number of ether oxygens (including phenoxy) is 1. The molecule has 1 amide bonds. The molecule has 35 heavy (non-hydrogen) atoms. The van der Waals surface area contributed by atoms with Crippen LogP contribution >= 0.6 is 0 Å². The van der Waals surface area contributed by atoms with Crippen LogP contribution in [0.2, 0.25) is 0 Å². The van der Waals surface area contributed by atoms with E-state index in [0.717, 1.165) is 35.2 Å². The van der Waals surface area contributed by atoms with Crippen molar-refractivity contribution >= 4 is 23.1 Å². The summed E-state index contributed by atoms with van der Waals surface area (Å²) in [5.74, 6) is -0.300. The zero-order valence-corrected chi connectivity index (χ0v) is 20.5. The summed E-state index contributed by atoms with van der Waals surface area (Å²) in [6.07, 6.45) is 1.54. The predicted octanol–water partition coefficient (Wildman–Crippen LogP) is 2.38. The van der Waals surface area contributed by atoms with Crippen LogP contribution in [-0.4, -0.2) is 42.3 Å². The van der Waals surface area contributed by atoms with E-state index >= 15 is 0 Å². The maximum Gasteiger partial charge on any atom is 0.330 e. The summed E-state index contributed by atoms with van der Waals surface area (Å²) >= 11 is 0. The summed E-state index contributed by atoms with van der Waals surface area (Å²) in [5, 5.41) is 3.02. The lowest BCUT2D eigenvalue weighted by Crippen LogP contribution is -2.43. The molecule has 0 unspecified atom stereocenters. The van der Waals surface area contributed by atoms with Crippen LogP contribution in [-0.2, 0) is 28.9 Å². The minimum atomic E-state index is -0.649. The van der Waals surface area contributed by atoms with E-state index in [1.54, 1.807) is 4.90 Å². The third-order valence-corrected chi connectivity index (χ3v) is 5.88. The van der Waals surface area contributed by atoms with Crippen LogP contribution in [0.5, 0.6) is 0 Å². The first-order valence-corrected chi connectivity index (χ1v) is 11.7. The van der Waals surface area contributed by atoms with Crippen molar-refractivity contribution in [2.75, 3.05) is 42.8 Å². The fourth-order valence-corrected chi connectivity index (χ4v) is 4.03. The molecular weight excluding hydrogens is 446 g/mol. The Bertz CT molecular complexity index is 1240. The molecule has 186 valence electrons. The largest absolute Gasteiger partial charge is 0.383 e. The number of benzene rings is 2. The minimum absolute atomic E-state index is 0.00490. The average molecular weight is 480 g/mol. The van der Waals surface area contributed by atoms with E-state index in [2.05, 4.69) is 10.3 Å². The normalized spacial score (nSPS) is 10.8. The number of aryl methyl sites for hydroxylation is 2. The molecule has 0 bridgehead atoms. The van der Waals surface area contributed by atoms with Gasteiger partial charge in [0.1, 0.15) is 11.5 Å². The Morgan fingerprint density at radius 3 is 2.31 bits per heavy atom. The zero-order chi connectivity index (χ0) is 25.4. The number of nitrogen functional groups attached to an aromatic ring is 1. The van der Waals surface area contributed by atoms with Gasteiger partial charge in [0.2, 0.25) is 5.91 Å². The van der Waals surface area contributed by atoms with Gasteiger partial charge in [-0.05, 0) is 29.5 Å². The van der Waals surface area contributed by atoms with Gasteiger partial charge in [-0.15, -0.1) is 0 Å². The number of rotatable bonds is 11. The Kier molecular flexibility index (Phi) is 8.86. The van der Waals surface area contributed by atoms with E-state index in [1.165, 1.54) is 11.7 Å². The minimum Gasteiger partial charge on any atom is -0.383 e. The van der Waals surface area contributed by atoms with E-state index in [4.69, 9.17) is 10.5 Å². The SMILES string of the molecule is CCc1cccc(CC)c1NC(=O)CN(CCOC)c1c(N)n(Cc2ccccc2)c(=O)[nH]c1=O. The Labute approximate surface area is 204 Å². The number of para-hydroxylation sites is 1. The molecule has 4 N–H and O–H groups in total. The van der Waals surface area contributed by atoms with Crippen molar-refractivity contribution in [2.45, 2.75) is 33.2 Å². The van der Waals surface area contributed by atoms with Gasteiger partial charge < -0.3 is 20.7 Å². The van der Waals surface area contributed by atoms with E-state index < -0.39 is 11.2 Å². The van der Waals surface area contributed by atoms with Crippen molar-refractivity contribution in [3.8, 4) is 0 Å². The van der Waals surface area contributed by atoms with Crippen LogP contribution in [0.4, 0.5) is 17.2 Å². The average Bonchev–Trinajstić information content (AvgIpc) is 2.85. The molecule has 9 heteroatoms. The van der Waals surface area contributed by atoms with Gasteiger partial charge in [-0.3, -0.25) is 19.1 Å². The van der Waals surface area contributed by atoms with E-state index in [-0.39, 0.29) is 43.7 Å². The van der Waals surface area contributed by atoms with Crippen molar-refractivity contribution in [3.63, 3.8) is 0 Å². The second kappa shape index (κ2) is 12.0.